The number of nitrogens with two attached hydrogens (primary N) is 1. The number of aromatic nitrogens is 3. The van der Waals surface area contributed by atoms with E-state index in [1.54, 1.807) is 0 Å². The van der Waals surface area contributed by atoms with E-state index >= 15 is 0 Å². The molecule has 4 nitrogen and oxygen atoms in total. The molecule has 2 aromatic rings. The minimum atomic E-state index is 0.507. The van der Waals surface area contributed by atoms with Crippen LogP contribution in [0.25, 0.3) is 11.3 Å². The fourth-order valence-corrected chi connectivity index (χ4v) is 3.00. The molecule has 0 fully saturated rings. The van der Waals surface area contributed by atoms with Gasteiger partial charge in [0, 0.05) is 30.1 Å². The van der Waals surface area contributed by atoms with Crippen molar-refractivity contribution >= 4 is 11.6 Å². The van der Waals surface area contributed by atoms with E-state index in [0.29, 0.717) is 12.4 Å². The van der Waals surface area contributed by atoms with Gasteiger partial charge in [0.25, 0.3) is 0 Å². The second kappa shape index (κ2) is 5.31. The van der Waals surface area contributed by atoms with Crippen molar-refractivity contribution in [2.45, 2.75) is 31.7 Å². The van der Waals surface area contributed by atoms with E-state index in [-0.39, 0.29) is 0 Å². The summed E-state index contributed by atoms with van der Waals surface area (Å²) in [6.45, 7) is 1.51. The van der Waals surface area contributed by atoms with Crippen LogP contribution in [0.2, 0.25) is 0 Å². The number of nitrogens with zero attached hydrogens (tertiary/aromatic N) is 3. The first-order valence-electron chi connectivity index (χ1n) is 6.63. The van der Waals surface area contributed by atoms with Crippen LogP contribution in [-0.2, 0) is 25.3 Å². The summed E-state index contributed by atoms with van der Waals surface area (Å²) in [5, 5.41) is 4.75. The van der Waals surface area contributed by atoms with Gasteiger partial charge in [0.2, 0.25) is 0 Å². The summed E-state index contributed by atoms with van der Waals surface area (Å²) in [6.07, 6.45) is 6.71. The Bertz CT molecular complexity index is 591. The first kappa shape index (κ1) is 12.6. The van der Waals surface area contributed by atoms with Crippen molar-refractivity contribution < 1.29 is 0 Å². The lowest BCUT2D eigenvalue weighted by Gasteiger charge is -2.14. The summed E-state index contributed by atoms with van der Waals surface area (Å²) in [5.74, 6) is 0.507. The van der Waals surface area contributed by atoms with Crippen molar-refractivity contribution in [3.63, 3.8) is 0 Å². The zero-order valence-electron chi connectivity index (χ0n) is 10.8. The fraction of sp³-hybridized carbons (Fsp3) is 0.429. The normalized spacial score (nSPS) is 13.2. The highest BCUT2D eigenvalue weighted by Crippen LogP contribution is 2.34. The first-order chi connectivity index (χ1) is 9.35. The standard InChI is InChI=1S/C14H17ClN4/c15-8-13-12-3-2-10-9-17-6-4-11(10)14(12)18-19(13)7-1-5-16/h4,6,9H,1-3,5,7-8,16H2. The number of fused-ring (bicyclic) bond motifs is 3. The van der Waals surface area contributed by atoms with Gasteiger partial charge in [-0.2, -0.15) is 5.10 Å². The highest BCUT2D eigenvalue weighted by Gasteiger charge is 2.23. The Morgan fingerprint density at radius 1 is 1.37 bits per heavy atom. The smallest absolute Gasteiger partial charge is 0.0962 e. The molecule has 1 aliphatic rings. The summed E-state index contributed by atoms with van der Waals surface area (Å²) in [6, 6.07) is 2.05. The van der Waals surface area contributed by atoms with E-state index in [1.165, 1.54) is 16.7 Å². The maximum atomic E-state index is 6.11. The molecule has 2 aromatic heterocycles. The molecule has 3 rings (SSSR count). The van der Waals surface area contributed by atoms with E-state index in [9.17, 15) is 0 Å². The van der Waals surface area contributed by atoms with E-state index in [1.807, 2.05) is 23.1 Å². The van der Waals surface area contributed by atoms with Crippen molar-refractivity contribution in [2.24, 2.45) is 5.73 Å². The van der Waals surface area contributed by atoms with Crippen LogP contribution in [0.1, 0.15) is 23.2 Å². The minimum Gasteiger partial charge on any atom is -0.330 e. The number of hydrogen-bond acceptors (Lipinski definition) is 3. The van der Waals surface area contributed by atoms with Crippen LogP contribution in [0, 0.1) is 0 Å². The molecule has 19 heavy (non-hydrogen) atoms. The largest absolute Gasteiger partial charge is 0.330 e. The van der Waals surface area contributed by atoms with Crippen LogP contribution in [0.5, 0.6) is 0 Å². The predicted octanol–water partition coefficient (Wildman–Crippen LogP) is 2.13. The summed E-state index contributed by atoms with van der Waals surface area (Å²) in [7, 11) is 0. The molecule has 0 aromatic carbocycles. The van der Waals surface area contributed by atoms with Crippen LogP contribution in [0.15, 0.2) is 18.5 Å². The zero-order chi connectivity index (χ0) is 13.2. The number of alkyl halides is 1. The van der Waals surface area contributed by atoms with Gasteiger partial charge in [-0.15, -0.1) is 11.6 Å². The minimum absolute atomic E-state index is 0.507. The molecule has 0 aliphatic heterocycles. The molecule has 0 saturated heterocycles. The van der Waals surface area contributed by atoms with Gasteiger partial charge in [-0.25, -0.2) is 0 Å². The van der Waals surface area contributed by atoms with E-state index in [0.717, 1.165) is 37.2 Å². The fourth-order valence-electron chi connectivity index (χ4n) is 2.71. The van der Waals surface area contributed by atoms with Gasteiger partial charge in [-0.05, 0) is 37.4 Å². The lowest BCUT2D eigenvalue weighted by molar-refractivity contribution is 0.569. The molecule has 2 heterocycles. The van der Waals surface area contributed by atoms with Crippen molar-refractivity contribution in [1.82, 2.24) is 14.8 Å². The summed E-state index contributed by atoms with van der Waals surface area (Å²) in [4.78, 5) is 4.19. The average molecular weight is 277 g/mol. The monoisotopic (exact) mass is 276 g/mol. The Hall–Kier alpha value is -1.39. The Kier molecular flexibility index (Phi) is 3.53. The number of halogens is 1. The van der Waals surface area contributed by atoms with Crippen molar-refractivity contribution in [3.8, 4) is 11.3 Å². The van der Waals surface area contributed by atoms with Gasteiger partial charge in [0.05, 0.1) is 17.3 Å². The molecule has 2 N–H and O–H groups in total. The summed E-state index contributed by atoms with van der Waals surface area (Å²) < 4.78 is 2.03. The van der Waals surface area contributed by atoms with Crippen molar-refractivity contribution in [1.29, 1.82) is 0 Å². The molecule has 5 heteroatoms. The van der Waals surface area contributed by atoms with Gasteiger partial charge in [-0.1, -0.05) is 0 Å². The quantitative estimate of drug-likeness (QED) is 0.871. The number of aryl methyl sites for hydroxylation is 2. The van der Waals surface area contributed by atoms with Gasteiger partial charge in [0.1, 0.15) is 0 Å². The van der Waals surface area contributed by atoms with Crippen molar-refractivity contribution in [3.05, 3.63) is 35.3 Å². The second-order valence-electron chi connectivity index (χ2n) is 4.81. The third kappa shape index (κ3) is 2.15. The van der Waals surface area contributed by atoms with Gasteiger partial charge in [-0.3, -0.25) is 9.67 Å². The van der Waals surface area contributed by atoms with Crippen LogP contribution >= 0.6 is 11.6 Å². The molecular weight excluding hydrogens is 260 g/mol. The Morgan fingerprint density at radius 2 is 2.26 bits per heavy atom. The maximum Gasteiger partial charge on any atom is 0.0962 e. The van der Waals surface area contributed by atoms with Gasteiger partial charge < -0.3 is 5.73 Å². The highest BCUT2D eigenvalue weighted by molar-refractivity contribution is 6.17. The Balaban J connectivity index is 2.08. The van der Waals surface area contributed by atoms with Crippen LogP contribution < -0.4 is 5.73 Å². The third-order valence-corrected chi connectivity index (χ3v) is 3.92. The Labute approximate surface area is 117 Å². The SMILES string of the molecule is NCCCn1nc2c(c1CCl)CCc1cnccc1-2. The van der Waals surface area contributed by atoms with E-state index in [2.05, 4.69) is 4.98 Å². The predicted molar refractivity (Wildman–Crippen MR) is 76.1 cm³/mol. The van der Waals surface area contributed by atoms with E-state index < -0.39 is 0 Å². The summed E-state index contributed by atoms with van der Waals surface area (Å²) in [5.41, 5.74) is 11.6. The van der Waals surface area contributed by atoms with Crippen molar-refractivity contribution in [2.75, 3.05) is 6.54 Å². The molecule has 100 valence electrons. The number of pyridine rings is 1. The number of hydrogen-bond donors (Lipinski definition) is 1. The van der Waals surface area contributed by atoms with Gasteiger partial charge in [0.15, 0.2) is 0 Å². The van der Waals surface area contributed by atoms with Crippen LogP contribution in [0.3, 0.4) is 0 Å². The highest BCUT2D eigenvalue weighted by atomic mass is 35.5. The maximum absolute atomic E-state index is 6.11. The molecule has 0 spiro atoms. The molecular formula is C14H17ClN4. The zero-order valence-corrected chi connectivity index (χ0v) is 11.5. The molecule has 0 bridgehead atoms. The number of rotatable bonds is 4. The van der Waals surface area contributed by atoms with Gasteiger partial charge >= 0.3 is 0 Å². The summed E-state index contributed by atoms with van der Waals surface area (Å²) >= 11 is 6.11. The van der Waals surface area contributed by atoms with E-state index in [4.69, 9.17) is 22.4 Å². The second-order valence-corrected chi connectivity index (χ2v) is 5.07. The molecule has 1 aliphatic carbocycles. The molecule has 0 atom stereocenters. The first-order valence-corrected chi connectivity index (χ1v) is 7.16. The molecule has 0 unspecified atom stereocenters. The Morgan fingerprint density at radius 3 is 3.05 bits per heavy atom. The topological polar surface area (TPSA) is 56.7 Å². The molecule has 0 amide bonds. The molecule has 0 saturated carbocycles. The third-order valence-electron chi connectivity index (χ3n) is 3.67. The van der Waals surface area contributed by atoms with Crippen LogP contribution in [0.4, 0.5) is 0 Å². The molecule has 0 radical (unpaired) electrons. The lowest BCUT2D eigenvalue weighted by Crippen LogP contribution is -2.09. The lowest BCUT2D eigenvalue weighted by atomic mass is 9.91. The van der Waals surface area contributed by atoms with Crippen LogP contribution in [-0.4, -0.2) is 21.3 Å². The average Bonchev–Trinajstić information content (AvgIpc) is 2.82.